The molecule has 0 amide bonds. The summed E-state index contributed by atoms with van der Waals surface area (Å²) < 4.78 is 21.4. The highest BCUT2D eigenvalue weighted by atomic mass is 32.2. The van der Waals surface area contributed by atoms with Gasteiger partial charge in [-0.05, 0) is 0 Å². The highest BCUT2D eigenvalue weighted by molar-refractivity contribution is 7.89. The van der Waals surface area contributed by atoms with Gasteiger partial charge in [-0.25, -0.2) is 13.6 Å². The molecule has 1 saturated heterocycles. The molecule has 0 spiro atoms. The second-order valence-corrected chi connectivity index (χ2v) is 4.60. The van der Waals surface area contributed by atoms with Gasteiger partial charge in [0.1, 0.15) is 5.25 Å². The summed E-state index contributed by atoms with van der Waals surface area (Å²) in [7, 11) is -3.30. The lowest BCUT2D eigenvalue weighted by molar-refractivity contribution is 0.190. The molecule has 1 heterocycles. The summed E-state index contributed by atoms with van der Waals surface area (Å²) in [5.41, 5.74) is 5.27. The van der Waals surface area contributed by atoms with Gasteiger partial charge in [-0.15, -0.1) is 0 Å². The van der Waals surface area contributed by atoms with Crippen LogP contribution in [-0.4, -0.2) is 44.7 Å². The maximum absolute atomic E-state index is 10.7. The van der Waals surface area contributed by atoms with Crippen LogP contribution in [0.4, 0.5) is 0 Å². The molecule has 0 aromatic rings. The van der Waals surface area contributed by atoms with Gasteiger partial charge in [0.2, 0.25) is 10.0 Å². The average molecular weight is 179 g/mol. The van der Waals surface area contributed by atoms with Gasteiger partial charge in [0.15, 0.2) is 0 Å². The van der Waals surface area contributed by atoms with Crippen molar-refractivity contribution < 1.29 is 8.42 Å². The third-order valence-corrected chi connectivity index (χ3v) is 3.06. The first-order valence-corrected chi connectivity index (χ1v) is 5.09. The fourth-order valence-electron chi connectivity index (χ4n) is 1.10. The molecule has 0 radical (unpaired) electrons. The van der Waals surface area contributed by atoms with Crippen LogP contribution in [0, 0.1) is 0 Å². The summed E-state index contributed by atoms with van der Waals surface area (Å²) in [5, 5.41) is 4.55. The minimum atomic E-state index is -3.30. The van der Waals surface area contributed by atoms with Crippen LogP contribution in [0.5, 0.6) is 0 Å². The van der Waals surface area contributed by atoms with Crippen LogP contribution < -0.4 is 10.9 Å². The number of nitrogens with zero attached hydrogens (tertiary/aromatic N) is 1. The number of hydrogen-bond acceptors (Lipinski definition) is 4. The van der Waals surface area contributed by atoms with E-state index in [0.29, 0.717) is 19.6 Å². The molecule has 4 N–H and O–H groups in total. The van der Waals surface area contributed by atoms with Crippen LogP contribution in [0.2, 0.25) is 0 Å². The van der Waals surface area contributed by atoms with Crippen molar-refractivity contribution in [3.05, 3.63) is 0 Å². The molecule has 0 saturated carbocycles. The predicted octanol–water partition coefficient (Wildman–Crippen LogP) is -2.08. The molecule has 0 atom stereocenters. The Morgan fingerprint density at radius 3 is 2.36 bits per heavy atom. The Morgan fingerprint density at radius 1 is 1.45 bits per heavy atom. The van der Waals surface area contributed by atoms with Gasteiger partial charge in [-0.3, -0.25) is 4.90 Å². The van der Waals surface area contributed by atoms with E-state index in [9.17, 15) is 8.42 Å². The molecule has 0 aliphatic carbocycles. The Balaban J connectivity index is 2.30. The molecular formula is C5H13N3O2S. The van der Waals surface area contributed by atoms with Gasteiger partial charge in [0, 0.05) is 26.2 Å². The molecule has 0 aromatic heterocycles. The summed E-state index contributed by atoms with van der Waals surface area (Å²) in [6.07, 6.45) is 0. The van der Waals surface area contributed by atoms with E-state index >= 15 is 0 Å². The van der Waals surface area contributed by atoms with Crippen LogP contribution in [0.3, 0.4) is 0 Å². The number of nitrogens with two attached hydrogens (primary N) is 2. The van der Waals surface area contributed by atoms with E-state index in [1.54, 1.807) is 0 Å². The Hall–Kier alpha value is -0.170. The maximum atomic E-state index is 10.7. The molecule has 1 aliphatic rings. The van der Waals surface area contributed by atoms with Crippen molar-refractivity contribution >= 4 is 10.0 Å². The van der Waals surface area contributed by atoms with Crippen molar-refractivity contribution in [1.29, 1.82) is 0 Å². The molecule has 6 heteroatoms. The van der Waals surface area contributed by atoms with Gasteiger partial charge in [-0.2, -0.15) is 0 Å². The summed E-state index contributed by atoms with van der Waals surface area (Å²) in [4.78, 5) is 1.97. The maximum Gasteiger partial charge on any atom is 0.214 e. The molecule has 66 valence electrons. The molecule has 11 heavy (non-hydrogen) atoms. The topological polar surface area (TPSA) is 89.4 Å². The monoisotopic (exact) mass is 179 g/mol. The quantitative estimate of drug-likeness (QED) is 0.520. The van der Waals surface area contributed by atoms with Crippen molar-refractivity contribution in [2.45, 2.75) is 5.25 Å². The van der Waals surface area contributed by atoms with Gasteiger partial charge < -0.3 is 5.73 Å². The average Bonchev–Trinajstić information content (AvgIpc) is 1.74. The predicted molar refractivity (Wildman–Crippen MR) is 42.4 cm³/mol. The summed E-state index contributed by atoms with van der Waals surface area (Å²) in [5.74, 6) is 0. The molecule has 1 aliphatic heterocycles. The van der Waals surface area contributed by atoms with E-state index < -0.39 is 10.0 Å². The zero-order chi connectivity index (χ0) is 8.48. The minimum absolute atomic E-state index is 0.367. The van der Waals surface area contributed by atoms with Crippen molar-refractivity contribution in [2.24, 2.45) is 10.9 Å². The highest BCUT2D eigenvalue weighted by Gasteiger charge is 2.34. The standard InChI is InChI=1S/C5H13N3O2S/c6-1-2-8-3-5(4-8)11(7,9)10/h5H,1-4,6H2,(H2,7,9,10). The fourth-order valence-corrected chi connectivity index (χ4v) is 1.93. The SMILES string of the molecule is NCCN1CC(S(N)(=O)=O)C1. The molecule has 5 nitrogen and oxygen atoms in total. The molecular weight excluding hydrogens is 166 g/mol. The molecule has 1 fully saturated rings. The molecule has 0 unspecified atom stereocenters. The largest absolute Gasteiger partial charge is 0.329 e. The van der Waals surface area contributed by atoms with Crippen molar-refractivity contribution in [1.82, 2.24) is 4.90 Å². The Labute approximate surface area is 66.4 Å². The normalized spacial score (nSPS) is 21.6. The van der Waals surface area contributed by atoms with Gasteiger partial charge >= 0.3 is 0 Å². The second kappa shape index (κ2) is 3.06. The fraction of sp³-hybridized carbons (Fsp3) is 1.00. The lowest BCUT2D eigenvalue weighted by Crippen LogP contribution is -2.57. The van der Waals surface area contributed by atoms with Crippen molar-refractivity contribution in [2.75, 3.05) is 26.2 Å². The summed E-state index contributed by atoms with van der Waals surface area (Å²) >= 11 is 0. The first kappa shape index (κ1) is 8.92. The number of primary sulfonamides is 1. The van der Waals surface area contributed by atoms with E-state index in [1.807, 2.05) is 4.90 Å². The zero-order valence-corrected chi connectivity index (χ0v) is 7.05. The number of rotatable bonds is 3. The van der Waals surface area contributed by atoms with Crippen LogP contribution in [0.1, 0.15) is 0 Å². The second-order valence-electron chi connectivity index (χ2n) is 2.76. The van der Waals surface area contributed by atoms with Crippen LogP contribution >= 0.6 is 0 Å². The smallest absolute Gasteiger partial charge is 0.214 e. The van der Waals surface area contributed by atoms with Crippen LogP contribution in [0.15, 0.2) is 0 Å². The first-order valence-electron chi connectivity index (χ1n) is 3.48. The van der Waals surface area contributed by atoms with E-state index in [0.717, 1.165) is 6.54 Å². The lowest BCUT2D eigenvalue weighted by atomic mass is 10.2. The summed E-state index contributed by atoms with van der Waals surface area (Å²) in [6.45, 7) is 2.40. The molecule has 1 rings (SSSR count). The van der Waals surface area contributed by atoms with Crippen molar-refractivity contribution in [3.63, 3.8) is 0 Å². The van der Waals surface area contributed by atoms with Gasteiger partial charge in [0.05, 0.1) is 0 Å². The summed E-state index contributed by atoms with van der Waals surface area (Å²) in [6, 6.07) is 0. The van der Waals surface area contributed by atoms with Crippen LogP contribution in [0.25, 0.3) is 0 Å². The number of sulfonamides is 1. The lowest BCUT2D eigenvalue weighted by Gasteiger charge is -2.37. The first-order chi connectivity index (χ1) is 5.04. The number of likely N-dealkylation sites (tertiary alicyclic amines) is 1. The molecule has 0 bridgehead atoms. The third-order valence-electron chi connectivity index (χ3n) is 1.83. The van der Waals surface area contributed by atoms with Gasteiger partial charge in [0.25, 0.3) is 0 Å². The Kier molecular flexibility index (Phi) is 2.48. The van der Waals surface area contributed by atoms with E-state index in [4.69, 9.17) is 10.9 Å². The minimum Gasteiger partial charge on any atom is -0.329 e. The number of hydrogen-bond donors (Lipinski definition) is 2. The Bertz CT molecular complexity index is 220. The van der Waals surface area contributed by atoms with E-state index in [-0.39, 0.29) is 5.25 Å². The Morgan fingerprint density at radius 2 is 2.00 bits per heavy atom. The van der Waals surface area contributed by atoms with Crippen LogP contribution in [-0.2, 0) is 10.0 Å². The van der Waals surface area contributed by atoms with Gasteiger partial charge in [-0.1, -0.05) is 0 Å². The molecule has 0 aromatic carbocycles. The van der Waals surface area contributed by atoms with Crippen molar-refractivity contribution in [3.8, 4) is 0 Å². The zero-order valence-electron chi connectivity index (χ0n) is 6.23. The van der Waals surface area contributed by atoms with E-state index in [2.05, 4.69) is 0 Å². The van der Waals surface area contributed by atoms with E-state index in [1.165, 1.54) is 0 Å². The third kappa shape index (κ3) is 2.13. The highest BCUT2D eigenvalue weighted by Crippen LogP contribution is 2.12.